The summed E-state index contributed by atoms with van der Waals surface area (Å²) in [5, 5.41) is 10.1. The topological polar surface area (TPSA) is 101 Å². The van der Waals surface area contributed by atoms with E-state index in [0.29, 0.717) is 0 Å². The highest BCUT2D eigenvalue weighted by molar-refractivity contribution is 5.66. The van der Waals surface area contributed by atoms with Gasteiger partial charge in [0.15, 0.2) is 24.3 Å². The zero-order valence-electron chi connectivity index (χ0n) is 12.4. The maximum absolute atomic E-state index is 11.2. The maximum Gasteiger partial charge on any atom is 0.303 e. The number of aliphatic hydroxyl groups is 1. The molecule has 2 aliphatic rings. The molecule has 120 valence electrons. The lowest BCUT2D eigenvalue weighted by Gasteiger charge is -2.27. The van der Waals surface area contributed by atoms with Crippen LogP contribution in [-0.4, -0.2) is 60.1 Å². The summed E-state index contributed by atoms with van der Waals surface area (Å²) in [6.07, 6.45) is -4.26. The number of ether oxygens (including phenoxy) is 5. The first-order valence-corrected chi connectivity index (χ1v) is 6.69. The van der Waals surface area contributed by atoms with Gasteiger partial charge in [-0.05, 0) is 13.8 Å². The highest BCUT2D eigenvalue weighted by atomic mass is 16.8. The van der Waals surface area contributed by atoms with Crippen molar-refractivity contribution >= 4 is 11.9 Å². The van der Waals surface area contributed by atoms with E-state index in [9.17, 15) is 14.7 Å². The third-order valence-electron chi connectivity index (χ3n) is 3.17. The minimum Gasteiger partial charge on any atom is -0.463 e. The van der Waals surface area contributed by atoms with Gasteiger partial charge in [0.05, 0.1) is 0 Å². The molecule has 0 aromatic heterocycles. The second-order valence-electron chi connectivity index (χ2n) is 5.51. The number of aliphatic hydroxyl groups excluding tert-OH is 1. The lowest BCUT2D eigenvalue weighted by Crippen LogP contribution is -2.45. The fourth-order valence-corrected chi connectivity index (χ4v) is 2.44. The molecule has 0 aromatic carbocycles. The van der Waals surface area contributed by atoms with Crippen LogP contribution in [0.5, 0.6) is 0 Å². The van der Waals surface area contributed by atoms with Crippen molar-refractivity contribution in [3.05, 3.63) is 0 Å². The van der Waals surface area contributed by atoms with Gasteiger partial charge in [-0.1, -0.05) is 0 Å². The number of hydrogen-bond acceptors (Lipinski definition) is 8. The van der Waals surface area contributed by atoms with E-state index >= 15 is 0 Å². The van der Waals surface area contributed by atoms with Crippen molar-refractivity contribution < 1.29 is 38.4 Å². The van der Waals surface area contributed by atoms with Crippen LogP contribution in [0.1, 0.15) is 27.7 Å². The molecule has 2 rings (SSSR count). The molecule has 2 fully saturated rings. The van der Waals surface area contributed by atoms with Crippen LogP contribution >= 0.6 is 0 Å². The number of hydrogen-bond donors (Lipinski definition) is 1. The molecule has 8 heteroatoms. The lowest BCUT2D eigenvalue weighted by molar-refractivity contribution is -0.231. The molecule has 0 amide bonds. The number of carbonyl (C=O) groups excluding carboxylic acids is 2. The Morgan fingerprint density at radius 2 is 1.90 bits per heavy atom. The van der Waals surface area contributed by atoms with Gasteiger partial charge in [-0.2, -0.15) is 0 Å². The first kappa shape index (κ1) is 16.2. The first-order valence-electron chi connectivity index (χ1n) is 6.69. The van der Waals surface area contributed by atoms with Gasteiger partial charge in [0.1, 0.15) is 18.8 Å². The minimum absolute atomic E-state index is 0.263. The summed E-state index contributed by atoms with van der Waals surface area (Å²) in [6, 6.07) is 0. The van der Waals surface area contributed by atoms with Gasteiger partial charge in [0.25, 0.3) is 0 Å². The maximum atomic E-state index is 11.2. The molecular formula is C13H20O8. The normalized spacial score (nSPS) is 35.1. The Kier molecular flexibility index (Phi) is 4.52. The Hall–Kier alpha value is -1.22. The first-order chi connectivity index (χ1) is 9.69. The van der Waals surface area contributed by atoms with Gasteiger partial charge in [0.2, 0.25) is 0 Å². The molecule has 21 heavy (non-hydrogen) atoms. The van der Waals surface area contributed by atoms with Gasteiger partial charge in [-0.3, -0.25) is 9.59 Å². The lowest BCUT2D eigenvalue weighted by atomic mass is 10.1. The molecule has 0 aromatic rings. The Labute approximate surface area is 122 Å². The molecule has 0 radical (unpaired) electrons. The van der Waals surface area contributed by atoms with E-state index in [4.69, 9.17) is 23.7 Å². The van der Waals surface area contributed by atoms with E-state index in [1.807, 2.05) is 0 Å². The van der Waals surface area contributed by atoms with Crippen LogP contribution in [0.25, 0.3) is 0 Å². The van der Waals surface area contributed by atoms with Crippen molar-refractivity contribution in [2.75, 3.05) is 6.61 Å². The molecule has 2 saturated heterocycles. The quantitative estimate of drug-likeness (QED) is 0.708. The van der Waals surface area contributed by atoms with Crippen LogP contribution in [0.2, 0.25) is 0 Å². The molecule has 0 aliphatic carbocycles. The van der Waals surface area contributed by atoms with E-state index in [-0.39, 0.29) is 6.61 Å². The Morgan fingerprint density at radius 3 is 2.48 bits per heavy atom. The molecule has 1 N–H and O–H groups in total. The van der Waals surface area contributed by atoms with Crippen LogP contribution in [0.15, 0.2) is 0 Å². The predicted octanol–water partition coefficient (Wildman–Crippen LogP) is -0.282. The summed E-state index contributed by atoms with van der Waals surface area (Å²) in [5.74, 6) is -1.91. The minimum atomic E-state index is -1.15. The highest BCUT2D eigenvalue weighted by Gasteiger charge is 2.58. The number of carbonyl (C=O) groups is 2. The van der Waals surface area contributed by atoms with Crippen molar-refractivity contribution in [2.45, 2.75) is 64.2 Å². The second kappa shape index (κ2) is 5.88. The number of rotatable bonds is 4. The standard InChI is InChI=1S/C13H20O8/c1-6(14)17-5-8(16)9-10(18-7(2)15)11-12(19-9)21-13(3,4)20-11/h8-12,16H,5H2,1-4H3/t8-,9-,10-,11+,12+/m0/s1. The van der Waals surface area contributed by atoms with Crippen LogP contribution in [0.3, 0.4) is 0 Å². The molecule has 2 aliphatic heterocycles. The molecule has 0 saturated carbocycles. The molecule has 2 heterocycles. The summed E-state index contributed by atoms with van der Waals surface area (Å²) in [4.78, 5) is 22.0. The van der Waals surface area contributed by atoms with Crippen molar-refractivity contribution in [1.82, 2.24) is 0 Å². The fourth-order valence-electron chi connectivity index (χ4n) is 2.44. The Bertz CT molecular complexity index is 420. The second-order valence-corrected chi connectivity index (χ2v) is 5.51. The zero-order chi connectivity index (χ0) is 15.8. The van der Waals surface area contributed by atoms with E-state index in [1.165, 1.54) is 13.8 Å². The fraction of sp³-hybridized carbons (Fsp3) is 0.846. The van der Waals surface area contributed by atoms with Crippen molar-refractivity contribution in [3.63, 3.8) is 0 Å². The molecule has 0 bridgehead atoms. The van der Waals surface area contributed by atoms with Crippen LogP contribution in [0.4, 0.5) is 0 Å². The van der Waals surface area contributed by atoms with Crippen molar-refractivity contribution in [3.8, 4) is 0 Å². The molecule has 5 atom stereocenters. The average Bonchev–Trinajstić information content (AvgIpc) is 2.79. The third kappa shape index (κ3) is 3.70. The van der Waals surface area contributed by atoms with E-state index < -0.39 is 48.4 Å². The van der Waals surface area contributed by atoms with Gasteiger partial charge >= 0.3 is 11.9 Å². The van der Waals surface area contributed by atoms with Gasteiger partial charge in [0, 0.05) is 13.8 Å². The molecule has 8 nitrogen and oxygen atoms in total. The summed E-state index contributed by atoms with van der Waals surface area (Å²) in [7, 11) is 0. The summed E-state index contributed by atoms with van der Waals surface area (Å²) < 4.78 is 26.7. The smallest absolute Gasteiger partial charge is 0.303 e. The number of fused-ring (bicyclic) bond motifs is 1. The largest absolute Gasteiger partial charge is 0.463 e. The molecule has 0 spiro atoms. The zero-order valence-corrected chi connectivity index (χ0v) is 12.4. The predicted molar refractivity (Wildman–Crippen MR) is 66.9 cm³/mol. The van der Waals surface area contributed by atoms with Gasteiger partial charge in [-0.15, -0.1) is 0 Å². The van der Waals surface area contributed by atoms with Crippen LogP contribution in [0, 0.1) is 0 Å². The van der Waals surface area contributed by atoms with Gasteiger partial charge in [-0.25, -0.2) is 0 Å². The van der Waals surface area contributed by atoms with Gasteiger partial charge < -0.3 is 28.8 Å². The van der Waals surface area contributed by atoms with E-state index in [1.54, 1.807) is 13.8 Å². The van der Waals surface area contributed by atoms with Crippen LogP contribution < -0.4 is 0 Å². The summed E-state index contributed by atoms with van der Waals surface area (Å²) in [5.41, 5.74) is 0. The van der Waals surface area contributed by atoms with Crippen molar-refractivity contribution in [2.24, 2.45) is 0 Å². The summed E-state index contributed by atoms with van der Waals surface area (Å²) in [6.45, 7) is 5.65. The number of esters is 2. The Morgan fingerprint density at radius 1 is 1.24 bits per heavy atom. The molecule has 0 unspecified atom stereocenters. The highest BCUT2D eigenvalue weighted by Crippen LogP contribution is 2.39. The molecular weight excluding hydrogens is 284 g/mol. The average molecular weight is 304 g/mol. The van der Waals surface area contributed by atoms with Crippen molar-refractivity contribution in [1.29, 1.82) is 0 Å². The SMILES string of the molecule is CC(=O)OC[C@H](O)[C@@H]1O[C@@H]2OC(C)(C)O[C@@H]2[C@H]1OC(C)=O. The van der Waals surface area contributed by atoms with E-state index in [2.05, 4.69) is 0 Å². The van der Waals surface area contributed by atoms with Crippen LogP contribution in [-0.2, 0) is 33.3 Å². The monoisotopic (exact) mass is 304 g/mol. The Balaban J connectivity index is 2.07. The van der Waals surface area contributed by atoms with E-state index in [0.717, 1.165) is 0 Å². The summed E-state index contributed by atoms with van der Waals surface area (Å²) >= 11 is 0. The third-order valence-corrected chi connectivity index (χ3v) is 3.17.